The Morgan fingerprint density at radius 2 is 1.12 bits per heavy atom. The summed E-state index contributed by atoms with van der Waals surface area (Å²) in [6.45, 7) is 5.39. The summed E-state index contributed by atoms with van der Waals surface area (Å²) in [4.78, 5) is 1.39. The van der Waals surface area contributed by atoms with Crippen LogP contribution in [0.25, 0.3) is 0 Å². The maximum Gasteiger partial charge on any atom is 0.133 e. The largest absolute Gasteiger partial charge is 0.492 e. The van der Waals surface area contributed by atoms with Crippen molar-refractivity contribution < 1.29 is 4.74 Å². The van der Waals surface area contributed by atoms with Crippen LogP contribution < -0.4 is 4.74 Å². The van der Waals surface area contributed by atoms with Crippen LogP contribution >= 0.6 is 11.3 Å². The molecule has 1 rings (SSSR count). The van der Waals surface area contributed by atoms with Gasteiger partial charge in [0.1, 0.15) is 5.75 Å². The summed E-state index contributed by atoms with van der Waals surface area (Å²) >= 11 is 1.81. The lowest BCUT2D eigenvalue weighted by atomic mass is 10.0. The van der Waals surface area contributed by atoms with Crippen LogP contribution in [0, 0.1) is 0 Å². The van der Waals surface area contributed by atoms with Crippen LogP contribution in [-0.2, 0) is 6.42 Å². The summed E-state index contributed by atoms with van der Waals surface area (Å²) in [6, 6.07) is 2.12. The lowest BCUT2D eigenvalue weighted by Crippen LogP contribution is -1.97. The average molecular weight is 381 g/mol. The van der Waals surface area contributed by atoms with E-state index in [1.165, 1.54) is 108 Å². The first kappa shape index (κ1) is 23.5. The summed E-state index contributed by atoms with van der Waals surface area (Å²) in [7, 11) is 0. The Balaban J connectivity index is 1.73. The van der Waals surface area contributed by atoms with Gasteiger partial charge in [0, 0.05) is 4.88 Å². The van der Waals surface area contributed by atoms with Crippen molar-refractivity contribution in [1.29, 1.82) is 0 Å². The van der Waals surface area contributed by atoms with Crippen LogP contribution in [0.15, 0.2) is 11.4 Å². The van der Waals surface area contributed by atoms with E-state index in [0.29, 0.717) is 0 Å². The van der Waals surface area contributed by atoms with E-state index in [9.17, 15) is 0 Å². The van der Waals surface area contributed by atoms with Gasteiger partial charge < -0.3 is 4.74 Å². The topological polar surface area (TPSA) is 9.23 Å². The van der Waals surface area contributed by atoms with Crippen molar-refractivity contribution in [3.05, 3.63) is 16.3 Å². The van der Waals surface area contributed by atoms with E-state index in [4.69, 9.17) is 4.74 Å². The fourth-order valence-corrected chi connectivity index (χ4v) is 4.31. The minimum absolute atomic E-state index is 0.891. The van der Waals surface area contributed by atoms with Crippen LogP contribution in [0.5, 0.6) is 5.75 Å². The molecular weight excluding hydrogens is 336 g/mol. The molecule has 1 heterocycles. The van der Waals surface area contributed by atoms with Gasteiger partial charge in [0.15, 0.2) is 0 Å². The lowest BCUT2D eigenvalue weighted by Gasteiger charge is -2.06. The zero-order valence-electron chi connectivity index (χ0n) is 17.7. The highest BCUT2D eigenvalue weighted by Gasteiger charge is 2.02. The van der Waals surface area contributed by atoms with Crippen molar-refractivity contribution in [2.75, 3.05) is 6.61 Å². The molecule has 0 amide bonds. The molecule has 1 aromatic heterocycles. The van der Waals surface area contributed by atoms with Crippen molar-refractivity contribution in [2.45, 2.75) is 123 Å². The number of unbranched alkanes of at least 4 members (excludes halogenated alkanes) is 15. The van der Waals surface area contributed by atoms with Crippen molar-refractivity contribution >= 4 is 11.3 Å². The molecule has 0 spiro atoms. The molecule has 0 aromatic carbocycles. The zero-order valence-corrected chi connectivity index (χ0v) is 18.5. The molecule has 0 aliphatic carbocycles. The SMILES string of the molecule is CCCCCCCCCCCCCCCCCCOc1ccsc1CC. The molecule has 0 bridgehead atoms. The molecule has 0 saturated heterocycles. The molecule has 1 aromatic rings. The third kappa shape index (κ3) is 12.8. The van der Waals surface area contributed by atoms with E-state index in [0.717, 1.165) is 18.8 Å². The second-order valence-electron chi connectivity index (χ2n) is 7.71. The van der Waals surface area contributed by atoms with Crippen LogP contribution in [0.4, 0.5) is 0 Å². The molecule has 0 radical (unpaired) electrons. The second kappa shape index (κ2) is 17.9. The number of aryl methyl sites for hydroxylation is 1. The molecule has 0 unspecified atom stereocenters. The quantitative estimate of drug-likeness (QED) is 0.218. The third-order valence-corrected chi connectivity index (χ3v) is 6.33. The van der Waals surface area contributed by atoms with E-state index in [1.807, 2.05) is 11.3 Å². The van der Waals surface area contributed by atoms with E-state index >= 15 is 0 Å². The van der Waals surface area contributed by atoms with E-state index in [1.54, 1.807) is 0 Å². The molecule has 0 saturated carbocycles. The fourth-order valence-electron chi connectivity index (χ4n) is 3.55. The van der Waals surface area contributed by atoms with Crippen molar-refractivity contribution in [2.24, 2.45) is 0 Å². The van der Waals surface area contributed by atoms with Crippen molar-refractivity contribution in [3.8, 4) is 5.75 Å². The summed E-state index contributed by atoms with van der Waals surface area (Å²) in [5, 5.41) is 2.14. The van der Waals surface area contributed by atoms with Crippen LogP contribution in [0.3, 0.4) is 0 Å². The first-order valence-electron chi connectivity index (χ1n) is 11.6. The minimum atomic E-state index is 0.891. The number of hydrogen-bond acceptors (Lipinski definition) is 2. The van der Waals surface area contributed by atoms with Gasteiger partial charge >= 0.3 is 0 Å². The number of thiophene rings is 1. The van der Waals surface area contributed by atoms with Gasteiger partial charge in [-0.15, -0.1) is 11.3 Å². The van der Waals surface area contributed by atoms with Crippen LogP contribution in [0.2, 0.25) is 0 Å². The maximum atomic E-state index is 5.90. The maximum absolute atomic E-state index is 5.90. The molecule has 152 valence electrons. The van der Waals surface area contributed by atoms with Gasteiger partial charge in [-0.1, -0.05) is 110 Å². The highest BCUT2D eigenvalue weighted by molar-refractivity contribution is 7.10. The number of rotatable bonds is 19. The van der Waals surface area contributed by atoms with E-state index in [-0.39, 0.29) is 0 Å². The molecule has 0 fully saturated rings. The lowest BCUT2D eigenvalue weighted by molar-refractivity contribution is 0.303. The normalized spacial score (nSPS) is 11.2. The van der Waals surface area contributed by atoms with E-state index in [2.05, 4.69) is 25.3 Å². The Hall–Kier alpha value is -0.500. The van der Waals surface area contributed by atoms with Crippen molar-refractivity contribution in [3.63, 3.8) is 0 Å². The van der Waals surface area contributed by atoms with E-state index < -0.39 is 0 Å². The Morgan fingerprint density at radius 3 is 1.58 bits per heavy atom. The highest BCUT2D eigenvalue weighted by atomic mass is 32.1. The summed E-state index contributed by atoms with van der Waals surface area (Å²) in [5.41, 5.74) is 0. The smallest absolute Gasteiger partial charge is 0.133 e. The Morgan fingerprint density at radius 1 is 0.654 bits per heavy atom. The predicted octanol–water partition coefficient (Wildman–Crippen LogP) is 8.95. The Bertz CT molecular complexity index is 399. The van der Waals surface area contributed by atoms with Gasteiger partial charge in [0.2, 0.25) is 0 Å². The summed E-state index contributed by atoms with van der Waals surface area (Å²) in [6.07, 6.45) is 23.8. The molecule has 0 atom stereocenters. The first-order valence-corrected chi connectivity index (χ1v) is 12.5. The Labute approximate surface area is 167 Å². The number of ether oxygens (including phenoxy) is 1. The Kier molecular flexibility index (Phi) is 16.2. The molecule has 0 aliphatic rings. The van der Waals surface area contributed by atoms with Gasteiger partial charge in [-0.2, -0.15) is 0 Å². The molecule has 0 N–H and O–H groups in total. The zero-order chi connectivity index (χ0) is 18.7. The second-order valence-corrected chi connectivity index (χ2v) is 8.71. The average Bonchev–Trinajstić information content (AvgIpc) is 3.11. The van der Waals surface area contributed by atoms with Crippen molar-refractivity contribution in [1.82, 2.24) is 0 Å². The highest BCUT2D eigenvalue weighted by Crippen LogP contribution is 2.25. The molecular formula is C24H44OS. The molecule has 1 nitrogen and oxygen atoms in total. The monoisotopic (exact) mass is 380 g/mol. The fraction of sp³-hybridized carbons (Fsp3) is 0.833. The first-order chi connectivity index (χ1) is 12.9. The predicted molar refractivity (Wildman–Crippen MR) is 119 cm³/mol. The van der Waals surface area contributed by atoms with Gasteiger partial charge in [0.05, 0.1) is 6.61 Å². The van der Waals surface area contributed by atoms with Gasteiger partial charge in [-0.25, -0.2) is 0 Å². The molecule has 0 aliphatic heterocycles. The van der Waals surface area contributed by atoms with Gasteiger partial charge in [-0.05, 0) is 24.3 Å². The summed E-state index contributed by atoms with van der Waals surface area (Å²) < 4.78 is 5.90. The van der Waals surface area contributed by atoms with Crippen LogP contribution in [-0.4, -0.2) is 6.61 Å². The minimum Gasteiger partial charge on any atom is -0.492 e. The van der Waals surface area contributed by atoms with Gasteiger partial charge in [0.25, 0.3) is 0 Å². The van der Waals surface area contributed by atoms with Gasteiger partial charge in [-0.3, -0.25) is 0 Å². The molecule has 2 heteroatoms. The standard InChI is InChI=1S/C24H44OS/c1-3-5-6-7-8-9-10-11-12-13-14-15-16-17-18-19-21-25-23-20-22-26-24(23)4-2/h20,22H,3-19,21H2,1-2H3. The number of hydrogen-bond donors (Lipinski definition) is 0. The summed E-state index contributed by atoms with van der Waals surface area (Å²) in [5.74, 6) is 1.12. The van der Waals surface area contributed by atoms with Crippen LogP contribution in [0.1, 0.15) is 121 Å². The third-order valence-electron chi connectivity index (χ3n) is 5.28. The molecule has 26 heavy (non-hydrogen) atoms.